The number of pyridine rings is 1. The molecule has 1 aliphatic heterocycles. The van der Waals surface area contributed by atoms with Crippen LogP contribution >= 0.6 is 11.8 Å². The summed E-state index contributed by atoms with van der Waals surface area (Å²) < 4.78 is 39.6. The highest BCUT2D eigenvalue weighted by molar-refractivity contribution is 7.99. The molecular weight excluding hydrogens is 451 g/mol. The Bertz CT molecular complexity index is 1250. The van der Waals surface area contributed by atoms with Gasteiger partial charge in [0, 0.05) is 30.2 Å². The van der Waals surface area contributed by atoms with Gasteiger partial charge in [-0.2, -0.15) is 18.2 Å². The average Bonchev–Trinajstić information content (AvgIpc) is 3.44. The zero-order valence-corrected chi connectivity index (χ0v) is 18.1. The van der Waals surface area contributed by atoms with Crippen LogP contribution in [-0.2, 0) is 6.18 Å². The number of hydrogen-bond acceptors (Lipinski definition) is 7. The maximum absolute atomic E-state index is 13.2. The van der Waals surface area contributed by atoms with Crippen molar-refractivity contribution < 1.29 is 13.2 Å². The molecule has 11 heteroatoms. The van der Waals surface area contributed by atoms with E-state index in [9.17, 15) is 13.2 Å². The van der Waals surface area contributed by atoms with Crippen molar-refractivity contribution in [2.24, 2.45) is 5.92 Å². The zero-order valence-electron chi connectivity index (χ0n) is 17.3. The SMILES string of the molecule is FC(F)(F)c1ncccc1Sc1cnc2nc(NC[C@@H]3CN[C@@H](c4ccccc4)C3)[nH]c2n1. The Hall–Kier alpha value is -3.18. The van der Waals surface area contributed by atoms with Crippen LogP contribution in [0.3, 0.4) is 0 Å². The maximum Gasteiger partial charge on any atom is 0.434 e. The van der Waals surface area contributed by atoms with Gasteiger partial charge in [-0.05, 0) is 30.0 Å². The standard InChI is InChI=1S/C22H20F3N7S/c23-22(24,25)18-16(7-4-8-26-18)33-17-12-28-19-20(30-17)32-21(31-19)29-11-13-9-15(27-10-13)14-5-2-1-3-6-14/h1-8,12-13,15,27H,9-11H2,(H2,28,29,30,31,32)/t13-,15+/m0/s1. The lowest BCUT2D eigenvalue weighted by atomic mass is 10.0. The van der Waals surface area contributed by atoms with Crippen LogP contribution in [0.2, 0.25) is 0 Å². The molecule has 0 amide bonds. The van der Waals surface area contributed by atoms with E-state index in [2.05, 4.69) is 47.7 Å². The van der Waals surface area contributed by atoms with Crippen molar-refractivity contribution in [3.05, 3.63) is 66.1 Å². The van der Waals surface area contributed by atoms with Crippen LogP contribution in [0.4, 0.5) is 19.1 Å². The van der Waals surface area contributed by atoms with Crippen LogP contribution in [0.25, 0.3) is 11.3 Å². The summed E-state index contributed by atoms with van der Waals surface area (Å²) in [5.41, 5.74) is 1.15. The van der Waals surface area contributed by atoms with E-state index in [0.29, 0.717) is 34.2 Å². The third kappa shape index (κ3) is 4.93. The number of benzene rings is 1. The number of rotatable bonds is 6. The highest BCUT2D eigenvalue weighted by atomic mass is 32.2. The molecule has 1 fully saturated rings. The number of aromatic nitrogens is 5. The predicted octanol–water partition coefficient (Wildman–Crippen LogP) is 4.68. The highest BCUT2D eigenvalue weighted by Crippen LogP contribution is 2.37. The first kappa shape index (κ1) is 21.7. The summed E-state index contributed by atoms with van der Waals surface area (Å²) in [5, 5.41) is 7.16. The summed E-state index contributed by atoms with van der Waals surface area (Å²) in [5.74, 6) is 0.967. The van der Waals surface area contributed by atoms with Crippen molar-refractivity contribution in [1.82, 2.24) is 30.2 Å². The monoisotopic (exact) mass is 471 g/mol. The van der Waals surface area contributed by atoms with E-state index < -0.39 is 11.9 Å². The van der Waals surface area contributed by atoms with E-state index in [1.165, 1.54) is 23.9 Å². The van der Waals surface area contributed by atoms with Crippen molar-refractivity contribution >= 4 is 29.0 Å². The first-order valence-electron chi connectivity index (χ1n) is 10.4. The molecule has 0 aliphatic carbocycles. The first-order valence-corrected chi connectivity index (χ1v) is 11.2. The fraction of sp³-hybridized carbons (Fsp3) is 0.273. The van der Waals surface area contributed by atoms with Gasteiger partial charge in [0.1, 0.15) is 5.03 Å². The Morgan fingerprint density at radius 3 is 2.73 bits per heavy atom. The molecule has 170 valence electrons. The van der Waals surface area contributed by atoms with Gasteiger partial charge in [-0.3, -0.25) is 4.98 Å². The lowest BCUT2D eigenvalue weighted by Gasteiger charge is -2.11. The minimum Gasteiger partial charge on any atom is -0.355 e. The number of nitrogens with zero attached hydrogens (tertiary/aromatic N) is 4. The molecule has 0 bridgehead atoms. The average molecular weight is 472 g/mol. The van der Waals surface area contributed by atoms with Gasteiger partial charge in [0.15, 0.2) is 17.0 Å². The molecule has 1 aromatic carbocycles. The van der Waals surface area contributed by atoms with Crippen LogP contribution in [0.1, 0.15) is 23.7 Å². The normalized spacial score (nSPS) is 18.6. The summed E-state index contributed by atoms with van der Waals surface area (Å²) in [7, 11) is 0. The number of H-pyrrole nitrogens is 1. The minimum atomic E-state index is -4.54. The molecular formula is C22H20F3N7S. The number of fused-ring (bicyclic) bond motifs is 1. The maximum atomic E-state index is 13.2. The van der Waals surface area contributed by atoms with Crippen LogP contribution in [0.5, 0.6) is 0 Å². The van der Waals surface area contributed by atoms with E-state index in [1.807, 2.05) is 18.2 Å². The molecule has 4 aromatic rings. The Balaban J connectivity index is 1.24. The van der Waals surface area contributed by atoms with Gasteiger partial charge >= 0.3 is 6.18 Å². The van der Waals surface area contributed by atoms with Crippen molar-refractivity contribution in [3.63, 3.8) is 0 Å². The topological polar surface area (TPSA) is 91.4 Å². The second-order valence-electron chi connectivity index (χ2n) is 7.77. The second-order valence-corrected chi connectivity index (χ2v) is 8.83. The van der Waals surface area contributed by atoms with Gasteiger partial charge in [0.05, 0.1) is 6.20 Å². The molecule has 3 aromatic heterocycles. The van der Waals surface area contributed by atoms with E-state index in [1.54, 1.807) is 0 Å². The first-order chi connectivity index (χ1) is 16.0. The molecule has 3 N–H and O–H groups in total. The van der Waals surface area contributed by atoms with Crippen LogP contribution < -0.4 is 10.6 Å². The number of nitrogens with one attached hydrogen (secondary N) is 3. The van der Waals surface area contributed by atoms with E-state index >= 15 is 0 Å². The predicted molar refractivity (Wildman–Crippen MR) is 119 cm³/mol. The molecule has 0 unspecified atom stereocenters. The van der Waals surface area contributed by atoms with Crippen molar-refractivity contribution in [2.75, 3.05) is 18.4 Å². The summed E-state index contributed by atoms with van der Waals surface area (Å²) in [6.07, 6.45) is -0.991. The van der Waals surface area contributed by atoms with Crippen molar-refractivity contribution in [2.45, 2.75) is 28.6 Å². The van der Waals surface area contributed by atoms with Crippen LogP contribution in [0.15, 0.2) is 64.8 Å². The lowest BCUT2D eigenvalue weighted by Crippen LogP contribution is -2.18. The smallest absolute Gasteiger partial charge is 0.355 e. The Labute approximate surface area is 191 Å². The van der Waals surface area contributed by atoms with Crippen LogP contribution in [-0.4, -0.2) is 38.0 Å². The van der Waals surface area contributed by atoms with Gasteiger partial charge in [0.25, 0.3) is 0 Å². The summed E-state index contributed by atoms with van der Waals surface area (Å²) >= 11 is 0.865. The summed E-state index contributed by atoms with van der Waals surface area (Å²) in [6, 6.07) is 13.5. The van der Waals surface area contributed by atoms with E-state index in [0.717, 1.165) is 37.5 Å². The molecule has 5 rings (SSSR count). The summed E-state index contributed by atoms with van der Waals surface area (Å²) in [6.45, 7) is 1.62. The summed E-state index contributed by atoms with van der Waals surface area (Å²) in [4.78, 5) is 19.5. The van der Waals surface area contributed by atoms with Gasteiger partial charge in [-0.1, -0.05) is 42.1 Å². The molecule has 0 spiro atoms. The zero-order chi connectivity index (χ0) is 22.8. The van der Waals surface area contributed by atoms with Gasteiger partial charge in [0.2, 0.25) is 5.95 Å². The molecule has 1 aliphatic rings. The second kappa shape index (κ2) is 8.99. The largest absolute Gasteiger partial charge is 0.434 e. The van der Waals surface area contributed by atoms with Gasteiger partial charge in [-0.25, -0.2) is 9.97 Å². The van der Waals surface area contributed by atoms with Crippen molar-refractivity contribution in [1.29, 1.82) is 0 Å². The van der Waals surface area contributed by atoms with E-state index in [-0.39, 0.29) is 4.90 Å². The number of halogens is 3. The molecule has 2 atom stereocenters. The van der Waals surface area contributed by atoms with Crippen molar-refractivity contribution in [3.8, 4) is 0 Å². The van der Waals surface area contributed by atoms with Gasteiger partial charge in [-0.15, -0.1) is 0 Å². The number of aromatic amines is 1. The third-order valence-corrected chi connectivity index (χ3v) is 6.38. The number of hydrogen-bond donors (Lipinski definition) is 3. The minimum absolute atomic E-state index is 0.0294. The highest BCUT2D eigenvalue weighted by Gasteiger charge is 2.35. The lowest BCUT2D eigenvalue weighted by molar-refractivity contribution is -0.143. The molecule has 7 nitrogen and oxygen atoms in total. The third-order valence-electron chi connectivity index (χ3n) is 5.42. The molecule has 0 radical (unpaired) electrons. The Morgan fingerprint density at radius 1 is 1.06 bits per heavy atom. The Morgan fingerprint density at radius 2 is 1.91 bits per heavy atom. The number of imidazole rings is 1. The fourth-order valence-corrected chi connectivity index (χ4v) is 4.73. The molecule has 33 heavy (non-hydrogen) atoms. The number of alkyl halides is 3. The quantitative estimate of drug-likeness (QED) is 0.376. The van der Waals surface area contributed by atoms with E-state index in [4.69, 9.17) is 0 Å². The van der Waals surface area contributed by atoms with Crippen LogP contribution in [0, 0.1) is 5.92 Å². The number of anilines is 1. The Kier molecular flexibility index (Phi) is 5.90. The molecule has 1 saturated heterocycles. The molecule has 0 saturated carbocycles. The molecule has 4 heterocycles. The van der Waals surface area contributed by atoms with Gasteiger partial charge < -0.3 is 15.6 Å². The fourth-order valence-electron chi connectivity index (χ4n) is 3.85.